The Hall–Kier alpha value is -2.06. The number of anilines is 1. The van der Waals surface area contributed by atoms with Crippen LogP contribution in [0.25, 0.3) is 0 Å². The number of fused-ring (bicyclic) bond motifs is 3. The summed E-state index contributed by atoms with van der Waals surface area (Å²) in [5.74, 6) is 0.388. The van der Waals surface area contributed by atoms with Crippen LogP contribution >= 0.6 is 50.7 Å². The molecule has 3 atom stereocenters. The molecule has 1 heterocycles. The van der Waals surface area contributed by atoms with E-state index < -0.39 is 17.7 Å². The van der Waals surface area contributed by atoms with Crippen LogP contribution in [0.1, 0.15) is 40.6 Å². The van der Waals surface area contributed by atoms with Gasteiger partial charge in [-0.3, -0.25) is 0 Å². The van der Waals surface area contributed by atoms with E-state index in [1.807, 2.05) is 24.3 Å². The van der Waals surface area contributed by atoms with Crippen LogP contribution < -0.4 is 14.8 Å². The maximum atomic E-state index is 13.9. The minimum atomic E-state index is -4.48. The van der Waals surface area contributed by atoms with E-state index >= 15 is 0 Å². The molecular formula is C27H20BrCl3F3NO2. The van der Waals surface area contributed by atoms with Crippen LogP contribution in [-0.2, 0) is 12.8 Å². The summed E-state index contributed by atoms with van der Waals surface area (Å²) in [4.78, 5) is 0. The van der Waals surface area contributed by atoms with Gasteiger partial charge in [-0.2, -0.15) is 13.2 Å². The molecule has 0 fully saturated rings. The average Bonchev–Trinajstić information content (AvgIpc) is 3.33. The summed E-state index contributed by atoms with van der Waals surface area (Å²) in [5.41, 5.74) is 1.42. The fourth-order valence-electron chi connectivity index (χ4n) is 5.10. The molecule has 0 saturated heterocycles. The molecule has 3 aromatic rings. The van der Waals surface area contributed by atoms with E-state index in [2.05, 4.69) is 21.2 Å². The molecule has 37 heavy (non-hydrogen) atoms. The highest BCUT2D eigenvalue weighted by atomic mass is 79.9. The third-order valence-corrected chi connectivity index (χ3v) is 8.26. The Balaban J connectivity index is 1.50. The second-order valence-electron chi connectivity index (χ2n) is 8.92. The molecule has 0 amide bonds. The van der Waals surface area contributed by atoms with Crippen molar-refractivity contribution in [3.05, 3.63) is 96.4 Å². The van der Waals surface area contributed by atoms with Crippen molar-refractivity contribution >= 4 is 56.4 Å². The van der Waals surface area contributed by atoms with Gasteiger partial charge in [-0.05, 0) is 75.8 Å². The first-order chi connectivity index (χ1) is 17.6. The van der Waals surface area contributed by atoms with Gasteiger partial charge in [0.05, 0.1) is 33.9 Å². The van der Waals surface area contributed by atoms with Crippen LogP contribution in [0.4, 0.5) is 18.9 Å². The maximum absolute atomic E-state index is 13.9. The van der Waals surface area contributed by atoms with Crippen molar-refractivity contribution in [2.24, 2.45) is 5.92 Å². The van der Waals surface area contributed by atoms with E-state index in [-0.39, 0.29) is 29.2 Å². The third-order valence-electron chi connectivity index (χ3n) is 6.77. The summed E-state index contributed by atoms with van der Waals surface area (Å²) in [6.45, 7) is 0.184. The zero-order valence-corrected chi connectivity index (χ0v) is 23.2. The normalized spacial score (nSPS) is 20.3. The van der Waals surface area contributed by atoms with Crippen LogP contribution in [0.3, 0.4) is 0 Å². The predicted octanol–water partition coefficient (Wildman–Crippen LogP) is 9.84. The van der Waals surface area contributed by atoms with Crippen molar-refractivity contribution in [3.8, 4) is 11.5 Å². The summed E-state index contributed by atoms with van der Waals surface area (Å²) in [7, 11) is 1.53. The Morgan fingerprint density at radius 3 is 2.54 bits per heavy atom. The number of nitrogens with one attached hydrogen (secondary N) is 1. The second kappa shape index (κ2) is 10.3. The molecule has 2 aliphatic rings. The summed E-state index contributed by atoms with van der Waals surface area (Å²) >= 11 is 22.3. The average molecular weight is 634 g/mol. The molecule has 3 aromatic carbocycles. The SMILES string of the molecule is COc1cc([C@H]2Nc3c(Cl)ccc(C(F)(F)F)c3[C@H]3C=CC[C@H]32)cc(Br)c1OCc1ccc(Cl)cc1Cl. The summed E-state index contributed by atoms with van der Waals surface area (Å²) in [5, 5.41) is 4.58. The number of alkyl halides is 3. The molecule has 10 heteroatoms. The van der Waals surface area contributed by atoms with Crippen LogP contribution in [0.2, 0.25) is 15.1 Å². The summed E-state index contributed by atoms with van der Waals surface area (Å²) < 4.78 is 53.9. The van der Waals surface area contributed by atoms with Crippen molar-refractivity contribution in [2.75, 3.05) is 12.4 Å². The molecule has 0 saturated carbocycles. The lowest BCUT2D eigenvalue weighted by Crippen LogP contribution is -2.31. The Bertz CT molecular complexity index is 1400. The number of hydrogen-bond donors (Lipinski definition) is 1. The van der Waals surface area contributed by atoms with Gasteiger partial charge in [-0.15, -0.1) is 0 Å². The first-order valence-corrected chi connectivity index (χ1v) is 13.3. The molecule has 0 unspecified atom stereocenters. The fraction of sp³-hybridized carbons (Fsp3) is 0.259. The van der Waals surface area contributed by atoms with Crippen LogP contribution in [-0.4, -0.2) is 7.11 Å². The summed E-state index contributed by atoms with van der Waals surface area (Å²) in [6.07, 6.45) is -0.0798. The maximum Gasteiger partial charge on any atom is 0.416 e. The number of halogens is 7. The number of rotatable bonds is 5. The molecule has 0 aromatic heterocycles. The van der Waals surface area contributed by atoms with E-state index in [4.69, 9.17) is 44.3 Å². The minimum Gasteiger partial charge on any atom is -0.493 e. The fourth-order valence-corrected chi connectivity index (χ4v) is 6.36. The lowest BCUT2D eigenvalue weighted by molar-refractivity contribution is -0.138. The van der Waals surface area contributed by atoms with Crippen LogP contribution in [0, 0.1) is 5.92 Å². The van der Waals surface area contributed by atoms with E-state index in [0.717, 1.165) is 17.2 Å². The van der Waals surface area contributed by atoms with Crippen molar-refractivity contribution in [1.29, 1.82) is 0 Å². The smallest absolute Gasteiger partial charge is 0.416 e. The molecule has 3 nitrogen and oxygen atoms in total. The van der Waals surface area contributed by atoms with Gasteiger partial charge in [0.15, 0.2) is 11.5 Å². The van der Waals surface area contributed by atoms with E-state index in [1.54, 1.807) is 18.2 Å². The topological polar surface area (TPSA) is 30.5 Å². The number of ether oxygens (including phenoxy) is 2. The van der Waals surface area contributed by atoms with Gasteiger partial charge in [-0.25, -0.2) is 0 Å². The minimum absolute atomic E-state index is 0.136. The number of methoxy groups -OCH3 is 1. The standard InChI is InChI=1S/C27H20BrCl3F3NO2/c1-36-22-10-14(9-19(28)26(22)37-12-13-5-6-15(29)11-21(13)31)24-17-4-2-3-16(17)23-18(27(32,33)34)7-8-20(30)25(23)35-24/h2-3,5-11,16-17,24,35H,4,12H2,1H3/t16-,17+,24+/m0/s1. The van der Waals surface area contributed by atoms with Crippen LogP contribution in [0.5, 0.6) is 11.5 Å². The molecule has 1 aliphatic heterocycles. The molecule has 0 bridgehead atoms. The molecule has 0 spiro atoms. The highest BCUT2D eigenvalue weighted by molar-refractivity contribution is 9.10. The Kier molecular flexibility index (Phi) is 7.35. The van der Waals surface area contributed by atoms with Gasteiger partial charge in [0, 0.05) is 21.5 Å². The molecular weight excluding hydrogens is 614 g/mol. The number of allylic oxidation sites excluding steroid dienone is 2. The third kappa shape index (κ3) is 5.03. The monoisotopic (exact) mass is 631 g/mol. The second-order valence-corrected chi connectivity index (χ2v) is 11.0. The Labute approximate surface area is 235 Å². The van der Waals surface area contributed by atoms with Crippen molar-refractivity contribution in [3.63, 3.8) is 0 Å². The van der Waals surface area contributed by atoms with Crippen molar-refractivity contribution < 1.29 is 22.6 Å². The van der Waals surface area contributed by atoms with Gasteiger partial charge >= 0.3 is 6.18 Å². The zero-order chi connectivity index (χ0) is 26.5. The molecule has 1 aliphatic carbocycles. The number of hydrogen-bond acceptors (Lipinski definition) is 3. The van der Waals surface area contributed by atoms with Crippen molar-refractivity contribution in [1.82, 2.24) is 0 Å². The van der Waals surface area contributed by atoms with E-state index in [0.29, 0.717) is 38.1 Å². The molecule has 1 N–H and O–H groups in total. The molecule has 194 valence electrons. The zero-order valence-electron chi connectivity index (χ0n) is 19.3. The highest BCUT2D eigenvalue weighted by Crippen LogP contribution is 2.55. The lowest BCUT2D eigenvalue weighted by Gasteiger charge is -2.39. The summed E-state index contributed by atoms with van der Waals surface area (Å²) in [6, 6.07) is 10.9. The quantitative estimate of drug-likeness (QED) is 0.284. The van der Waals surface area contributed by atoms with Gasteiger partial charge in [0.25, 0.3) is 0 Å². The first kappa shape index (κ1) is 26.5. The van der Waals surface area contributed by atoms with E-state index in [9.17, 15) is 13.2 Å². The molecule has 5 rings (SSSR count). The lowest BCUT2D eigenvalue weighted by atomic mass is 9.75. The van der Waals surface area contributed by atoms with Gasteiger partial charge in [0.1, 0.15) is 6.61 Å². The Morgan fingerprint density at radius 2 is 1.84 bits per heavy atom. The van der Waals surface area contributed by atoms with E-state index in [1.165, 1.54) is 13.2 Å². The predicted molar refractivity (Wildman–Crippen MR) is 144 cm³/mol. The van der Waals surface area contributed by atoms with Crippen molar-refractivity contribution in [2.45, 2.75) is 31.2 Å². The Morgan fingerprint density at radius 1 is 1.05 bits per heavy atom. The van der Waals surface area contributed by atoms with Crippen LogP contribution in [0.15, 0.2) is 59.1 Å². The van der Waals surface area contributed by atoms with Gasteiger partial charge in [0.2, 0.25) is 0 Å². The van der Waals surface area contributed by atoms with Gasteiger partial charge in [-0.1, -0.05) is 53.0 Å². The van der Waals surface area contributed by atoms with Gasteiger partial charge < -0.3 is 14.8 Å². The highest BCUT2D eigenvalue weighted by Gasteiger charge is 2.45. The molecule has 0 radical (unpaired) electrons. The largest absolute Gasteiger partial charge is 0.493 e. The first-order valence-electron chi connectivity index (χ1n) is 11.4. The number of benzene rings is 3.